The van der Waals surface area contributed by atoms with Gasteiger partial charge in [0.15, 0.2) is 11.5 Å². The highest BCUT2D eigenvalue weighted by Crippen LogP contribution is 2.31. The quantitative estimate of drug-likeness (QED) is 0.675. The first-order valence-electron chi connectivity index (χ1n) is 9.63. The number of nitrogens with one attached hydrogen (secondary N) is 1. The number of fused-ring (bicyclic) bond motifs is 1. The van der Waals surface area contributed by atoms with Crippen LogP contribution in [0.3, 0.4) is 0 Å². The molecule has 3 aromatic carbocycles. The summed E-state index contributed by atoms with van der Waals surface area (Å²) in [7, 11) is 3.13. The van der Waals surface area contributed by atoms with Crippen LogP contribution in [0.25, 0.3) is 0 Å². The molecule has 0 radical (unpaired) electrons. The Morgan fingerprint density at radius 1 is 0.966 bits per heavy atom. The summed E-state index contributed by atoms with van der Waals surface area (Å²) < 4.78 is 10.6. The van der Waals surface area contributed by atoms with Crippen molar-refractivity contribution in [1.82, 2.24) is 0 Å². The van der Waals surface area contributed by atoms with Gasteiger partial charge >= 0.3 is 0 Å². The van der Waals surface area contributed by atoms with E-state index in [1.54, 1.807) is 32.4 Å². The molecule has 0 spiro atoms. The molecule has 0 saturated heterocycles. The number of anilines is 2. The monoisotopic (exact) mass is 388 g/mol. The highest BCUT2D eigenvalue weighted by molar-refractivity contribution is 6.05. The van der Waals surface area contributed by atoms with Gasteiger partial charge in [-0.3, -0.25) is 4.79 Å². The third kappa shape index (κ3) is 3.90. The molecule has 5 heteroatoms. The van der Waals surface area contributed by atoms with Gasteiger partial charge in [0.1, 0.15) is 0 Å². The minimum atomic E-state index is -0.180. The zero-order valence-electron chi connectivity index (χ0n) is 16.6. The molecule has 5 nitrogen and oxygen atoms in total. The molecule has 29 heavy (non-hydrogen) atoms. The molecule has 0 bridgehead atoms. The van der Waals surface area contributed by atoms with Gasteiger partial charge in [0.25, 0.3) is 5.91 Å². The second-order valence-electron chi connectivity index (χ2n) is 6.98. The van der Waals surface area contributed by atoms with E-state index in [-0.39, 0.29) is 5.91 Å². The fraction of sp³-hybridized carbons (Fsp3) is 0.208. The van der Waals surface area contributed by atoms with Crippen LogP contribution >= 0.6 is 0 Å². The van der Waals surface area contributed by atoms with E-state index >= 15 is 0 Å². The Kier molecular flexibility index (Phi) is 5.38. The third-order valence-corrected chi connectivity index (χ3v) is 5.26. The Bertz CT molecular complexity index is 1030. The molecular weight excluding hydrogens is 364 g/mol. The summed E-state index contributed by atoms with van der Waals surface area (Å²) in [6.07, 6.45) is 1.05. The number of hydrogen-bond donors (Lipinski definition) is 1. The summed E-state index contributed by atoms with van der Waals surface area (Å²) in [4.78, 5) is 15.2. The minimum Gasteiger partial charge on any atom is -0.493 e. The molecule has 1 aliphatic rings. The zero-order chi connectivity index (χ0) is 20.2. The van der Waals surface area contributed by atoms with Crippen molar-refractivity contribution in [3.63, 3.8) is 0 Å². The molecule has 0 saturated carbocycles. The molecule has 4 rings (SSSR count). The SMILES string of the molecule is COc1ccc(C(=O)Nc2ccccc2CN2CCc3ccccc32)cc1OC. The van der Waals surface area contributed by atoms with Crippen LogP contribution in [0.2, 0.25) is 0 Å². The highest BCUT2D eigenvalue weighted by Gasteiger charge is 2.20. The predicted molar refractivity (Wildman–Crippen MR) is 115 cm³/mol. The fourth-order valence-electron chi connectivity index (χ4n) is 3.73. The van der Waals surface area contributed by atoms with Gasteiger partial charge in [-0.15, -0.1) is 0 Å². The van der Waals surface area contributed by atoms with E-state index in [4.69, 9.17) is 9.47 Å². The van der Waals surface area contributed by atoms with Crippen LogP contribution in [0.15, 0.2) is 66.7 Å². The molecule has 1 N–H and O–H groups in total. The van der Waals surface area contributed by atoms with E-state index in [1.807, 2.05) is 18.2 Å². The number of benzene rings is 3. The lowest BCUT2D eigenvalue weighted by molar-refractivity contribution is 0.102. The summed E-state index contributed by atoms with van der Waals surface area (Å²) in [6.45, 7) is 1.73. The fourth-order valence-corrected chi connectivity index (χ4v) is 3.73. The van der Waals surface area contributed by atoms with Gasteiger partial charge in [0.05, 0.1) is 14.2 Å². The molecule has 0 aliphatic carbocycles. The molecule has 3 aromatic rings. The summed E-state index contributed by atoms with van der Waals surface area (Å²) in [5, 5.41) is 3.05. The first kappa shape index (κ1) is 18.9. The Balaban J connectivity index is 1.54. The zero-order valence-corrected chi connectivity index (χ0v) is 16.6. The van der Waals surface area contributed by atoms with E-state index in [0.717, 1.165) is 30.8 Å². The molecule has 0 aromatic heterocycles. The third-order valence-electron chi connectivity index (χ3n) is 5.26. The predicted octanol–water partition coefficient (Wildman–Crippen LogP) is 4.52. The number of hydrogen-bond acceptors (Lipinski definition) is 4. The number of ether oxygens (including phenoxy) is 2. The van der Waals surface area contributed by atoms with E-state index in [9.17, 15) is 4.79 Å². The maximum Gasteiger partial charge on any atom is 0.255 e. The largest absolute Gasteiger partial charge is 0.493 e. The van der Waals surface area contributed by atoms with Crippen LogP contribution in [-0.2, 0) is 13.0 Å². The molecule has 0 atom stereocenters. The van der Waals surface area contributed by atoms with Crippen molar-refractivity contribution in [3.8, 4) is 11.5 Å². The Morgan fingerprint density at radius 3 is 2.55 bits per heavy atom. The lowest BCUT2D eigenvalue weighted by Crippen LogP contribution is -2.21. The second-order valence-corrected chi connectivity index (χ2v) is 6.98. The number of nitrogens with zero attached hydrogens (tertiary/aromatic N) is 1. The second kappa shape index (κ2) is 8.27. The molecule has 1 heterocycles. The molecular formula is C24H24N2O3. The molecule has 1 aliphatic heterocycles. The Morgan fingerprint density at radius 2 is 1.72 bits per heavy atom. The van der Waals surface area contributed by atoms with Crippen molar-refractivity contribution in [2.75, 3.05) is 31.0 Å². The first-order valence-corrected chi connectivity index (χ1v) is 9.63. The van der Waals surface area contributed by atoms with E-state index in [2.05, 4.69) is 40.5 Å². The van der Waals surface area contributed by atoms with Gasteiger partial charge in [0.2, 0.25) is 0 Å². The number of carbonyl (C=O) groups is 1. The smallest absolute Gasteiger partial charge is 0.255 e. The molecule has 1 amide bonds. The number of amides is 1. The van der Waals surface area contributed by atoms with Crippen molar-refractivity contribution >= 4 is 17.3 Å². The average molecular weight is 388 g/mol. The first-order chi connectivity index (χ1) is 14.2. The van der Waals surface area contributed by atoms with E-state index in [0.29, 0.717) is 17.1 Å². The highest BCUT2D eigenvalue weighted by atomic mass is 16.5. The van der Waals surface area contributed by atoms with Crippen LogP contribution in [-0.4, -0.2) is 26.7 Å². The number of rotatable bonds is 6. The molecule has 0 unspecified atom stereocenters. The standard InChI is InChI=1S/C24H24N2O3/c1-28-22-12-11-18(15-23(22)29-2)24(27)25-20-9-5-3-8-19(20)16-26-14-13-17-7-4-6-10-21(17)26/h3-12,15H,13-14,16H2,1-2H3,(H,25,27). The lowest BCUT2D eigenvalue weighted by atomic mass is 10.1. The van der Waals surface area contributed by atoms with Crippen LogP contribution in [0, 0.1) is 0 Å². The topological polar surface area (TPSA) is 50.8 Å². The summed E-state index contributed by atoms with van der Waals surface area (Å²) in [5.41, 5.74) is 5.06. The summed E-state index contributed by atoms with van der Waals surface area (Å²) >= 11 is 0. The Hall–Kier alpha value is -3.47. The number of methoxy groups -OCH3 is 2. The Labute approximate surface area is 170 Å². The summed E-state index contributed by atoms with van der Waals surface area (Å²) in [5.74, 6) is 0.944. The minimum absolute atomic E-state index is 0.180. The van der Waals surface area contributed by atoms with Gasteiger partial charge in [0, 0.05) is 30.0 Å². The number of carbonyl (C=O) groups excluding carboxylic acids is 1. The molecule has 148 valence electrons. The van der Waals surface area contributed by atoms with E-state index < -0.39 is 0 Å². The normalized spacial score (nSPS) is 12.4. The van der Waals surface area contributed by atoms with Crippen LogP contribution < -0.4 is 19.7 Å². The van der Waals surface area contributed by atoms with Crippen LogP contribution in [0.5, 0.6) is 11.5 Å². The maximum atomic E-state index is 12.8. The summed E-state index contributed by atoms with van der Waals surface area (Å²) in [6, 6.07) is 21.6. The van der Waals surface area contributed by atoms with Gasteiger partial charge in [-0.25, -0.2) is 0 Å². The van der Waals surface area contributed by atoms with E-state index in [1.165, 1.54) is 11.3 Å². The average Bonchev–Trinajstić information content (AvgIpc) is 3.17. The maximum absolute atomic E-state index is 12.8. The van der Waals surface area contributed by atoms with Crippen LogP contribution in [0.1, 0.15) is 21.5 Å². The van der Waals surface area contributed by atoms with Gasteiger partial charge in [-0.1, -0.05) is 36.4 Å². The molecule has 0 fully saturated rings. The van der Waals surface area contributed by atoms with Gasteiger partial charge in [-0.05, 0) is 47.9 Å². The van der Waals surface area contributed by atoms with Crippen molar-refractivity contribution < 1.29 is 14.3 Å². The van der Waals surface area contributed by atoms with Crippen molar-refractivity contribution in [2.24, 2.45) is 0 Å². The number of para-hydroxylation sites is 2. The van der Waals surface area contributed by atoms with Crippen molar-refractivity contribution in [3.05, 3.63) is 83.4 Å². The van der Waals surface area contributed by atoms with Crippen molar-refractivity contribution in [2.45, 2.75) is 13.0 Å². The lowest BCUT2D eigenvalue weighted by Gasteiger charge is -2.21. The van der Waals surface area contributed by atoms with Gasteiger partial charge < -0.3 is 19.7 Å². The van der Waals surface area contributed by atoms with Crippen LogP contribution in [0.4, 0.5) is 11.4 Å². The van der Waals surface area contributed by atoms with Crippen molar-refractivity contribution in [1.29, 1.82) is 0 Å². The van der Waals surface area contributed by atoms with Gasteiger partial charge in [-0.2, -0.15) is 0 Å².